The maximum absolute atomic E-state index is 9.32. The summed E-state index contributed by atoms with van der Waals surface area (Å²) < 4.78 is 0. The van der Waals surface area contributed by atoms with Crippen molar-refractivity contribution in [3.05, 3.63) is 51.7 Å². The minimum Gasteiger partial charge on any atom is -0.396 e. The van der Waals surface area contributed by atoms with E-state index in [1.165, 1.54) is 28.0 Å². The highest BCUT2D eigenvalue weighted by Crippen LogP contribution is 2.47. The molecule has 0 radical (unpaired) electrons. The molecule has 0 unspecified atom stereocenters. The van der Waals surface area contributed by atoms with E-state index in [1.807, 2.05) is 11.4 Å². The minimum absolute atomic E-state index is 0.594. The molecule has 2 aromatic heterocycles. The Labute approximate surface area is 132 Å². The lowest BCUT2D eigenvalue weighted by Crippen LogP contribution is -1.90. The Morgan fingerprint density at radius 2 is 1.76 bits per heavy atom. The van der Waals surface area contributed by atoms with Gasteiger partial charge in [-0.1, -0.05) is 24.3 Å². The number of nitriles is 1. The summed E-state index contributed by atoms with van der Waals surface area (Å²) in [6.45, 7) is 4.20. The molecule has 3 rings (SSSR count). The fourth-order valence-corrected chi connectivity index (χ4v) is 4.60. The van der Waals surface area contributed by atoms with Crippen molar-refractivity contribution in [1.29, 1.82) is 5.26 Å². The molecule has 0 atom stereocenters. The molecule has 104 valence electrons. The second-order valence-corrected chi connectivity index (χ2v) is 6.87. The molecular weight excluding hydrogens is 296 g/mol. The largest absolute Gasteiger partial charge is 0.396 e. The first kappa shape index (κ1) is 13.9. The zero-order valence-electron chi connectivity index (χ0n) is 11.8. The van der Waals surface area contributed by atoms with Gasteiger partial charge in [0.05, 0.1) is 5.69 Å². The summed E-state index contributed by atoms with van der Waals surface area (Å²) in [6.07, 6.45) is 0. The SMILES string of the molecule is Cc1cccc(C)c1-c1sc(C#N)c(N)c1-c1cccs1. The standard InChI is InChI=1S/C17H14N2S2/c1-10-5-3-6-11(2)14(10)17-15(12-7-4-8-20-12)16(19)13(9-18)21-17/h3-8H,19H2,1-2H3. The Balaban J connectivity index is 2.36. The first-order chi connectivity index (χ1) is 10.1. The van der Waals surface area contributed by atoms with Gasteiger partial charge in [0.25, 0.3) is 0 Å². The highest BCUT2D eigenvalue weighted by molar-refractivity contribution is 7.19. The van der Waals surface area contributed by atoms with Crippen LogP contribution in [0.25, 0.3) is 20.9 Å². The van der Waals surface area contributed by atoms with Gasteiger partial charge in [0.1, 0.15) is 10.9 Å². The number of thiophene rings is 2. The Hall–Kier alpha value is -2.09. The van der Waals surface area contributed by atoms with E-state index < -0.39 is 0 Å². The van der Waals surface area contributed by atoms with E-state index in [-0.39, 0.29) is 0 Å². The monoisotopic (exact) mass is 310 g/mol. The van der Waals surface area contributed by atoms with E-state index in [0.29, 0.717) is 10.6 Å². The van der Waals surface area contributed by atoms with Crippen LogP contribution >= 0.6 is 22.7 Å². The molecule has 4 heteroatoms. The van der Waals surface area contributed by atoms with Crippen molar-refractivity contribution in [2.45, 2.75) is 13.8 Å². The van der Waals surface area contributed by atoms with Gasteiger partial charge >= 0.3 is 0 Å². The number of nitrogens with two attached hydrogens (primary N) is 1. The van der Waals surface area contributed by atoms with Gasteiger partial charge in [-0.05, 0) is 42.0 Å². The van der Waals surface area contributed by atoms with Crippen molar-refractivity contribution < 1.29 is 0 Å². The van der Waals surface area contributed by atoms with Gasteiger partial charge < -0.3 is 5.73 Å². The molecule has 0 saturated heterocycles. The van der Waals surface area contributed by atoms with Crippen LogP contribution in [0.5, 0.6) is 0 Å². The molecule has 0 saturated carbocycles. The summed E-state index contributed by atoms with van der Waals surface area (Å²) in [5, 5.41) is 11.4. The highest BCUT2D eigenvalue weighted by atomic mass is 32.1. The van der Waals surface area contributed by atoms with E-state index >= 15 is 0 Å². The predicted molar refractivity (Wildman–Crippen MR) is 91.7 cm³/mol. The van der Waals surface area contributed by atoms with Crippen LogP contribution in [0.3, 0.4) is 0 Å². The maximum atomic E-state index is 9.32. The number of rotatable bonds is 2. The van der Waals surface area contributed by atoms with E-state index in [1.54, 1.807) is 11.3 Å². The molecule has 0 aliphatic rings. The average Bonchev–Trinajstić information content (AvgIpc) is 3.06. The van der Waals surface area contributed by atoms with E-state index in [0.717, 1.165) is 15.3 Å². The Morgan fingerprint density at radius 1 is 1.05 bits per heavy atom. The Kier molecular flexibility index (Phi) is 3.54. The molecule has 0 spiro atoms. The van der Waals surface area contributed by atoms with Gasteiger partial charge in [-0.25, -0.2) is 0 Å². The van der Waals surface area contributed by atoms with Crippen molar-refractivity contribution in [2.75, 3.05) is 5.73 Å². The zero-order chi connectivity index (χ0) is 15.0. The van der Waals surface area contributed by atoms with Crippen LogP contribution in [0.15, 0.2) is 35.7 Å². The summed E-state index contributed by atoms with van der Waals surface area (Å²) in [5.41, 5.74) is 11.4. The number of nitrogen functional groups attached to an aromatic ring is 1. The van der Waals surface area contributed by atoms with Gasteiger partial charge in [0.2, 0.25) is 0 Å². The minimum atomic E-state index is 0.594. The van der Waals surface area contributed by atoms with E-state index in [9.17, 15) is 5.26 Å². The second kappa shape index (κ2) is 5.36. The summed E-state index contributed by atoms with van der Waals surface area (Å²) in [4.78, 5) is 2.81. The van der Waals surface area contributed by atoms with Crippen LogP contribution in [0.2, 0.25) is 0 Å². The number of nitrogens with zero attached hydrogens (tertiary/aromatic N) is 1. The van der Waals surface area contributed by atoms with Gasteiger partial charge in [0, 0.05) is 15.3 Å². The van der Waals surface area contributed by atoms with E-state index in [4.69, 9.17) is 5.73 Å². The van der Waals surface area contributed by atoms with Crippen LogP contribution in [0.4, 0.5) is 5.69 Å². The van der Waals surface area contributed by atoms with Crippen molar-refractivity contribution in [2.24, 2.45) is 0 Å². The third kappa shape index (κ3) is 2.25. The first-order valence-corrected chi connectivity index (χ1v) is 8.26. The lowest BCUT2D eigenvalue weighted by atomic mass is 9.98. The van der Waals surface area contributed by atoms with Crippen molar-refractivity contribution in [1.82, 2.24) is 0 Å². The van der Waals surface area contributed by atoms with Crippen LogP contribution in [-0.2, 0) is 0 Å². The number of hydrogen-bond donors (Lipinski definition) is 1. The van der Waals surface area contributed by atoms with Crippen LogP contribution in [0.1, 0.15) is 16.0 Å². The summed E-state index contributed by atoms with van der Waals surface area (Å²) in [6, 6.07) is 12.5. The van der Waals surface area contributed by atoms with Crippen molar-refractivity contribution >= 4 is 28.4 Å². The molecule has 2 nitrogen and oxygen atoms in total. The maximum Gasteiger partial charge on any atom is 0.129 e. The smallest absolute Gasteiger partial charge is 0.129 e. The summed E-state index contributed by atoms with van der Waals surface area (Å²) in [7, 11) is 0. The van der Waals surface area contributed by atoms with Crippen molar-refractivity contribution in [3.8, 4) is 27.0 Å². The number of benzene rings is 1. The van der Waals surface area contributed by atoms with Gasteiger partial charge in [-0.2, -0.15) is 5.26 Å². The molecule has 2 N–H and O–H groups in total. The average molecular weight is 310 g/mol. The van der Waals surface area contributed by atoms with E-state index in [2.05, 4.69) is 44.2 Å². The molecule has 0 fully saturated rings. The molecule has 0 bridgehead atoms. The lowest BCUT2D eigenvalue weighted by molar-refractivity contribution is 1.39. The topological polar surface area (TPSA) is 49.8 Å². The second-order valence-electron chi connectivity index (χ2n) is 4.90. The molecule has 0 amide bonds. The summed E-state index contributed by atoms with van der Waals surface area (Å²) in [5.74, 6) is 0. The number of anilines is 1. The number of aryl methyl sites for hydroxylation is 2. The first-order valence-electron chi connectivity index (χ1n) is 6.56. The molecule has 0 aliphatic carbocycles. The normalized spacial score (nSPS) is 10.5. The van der Waals surface area contributed by atoms with Crippen LogP contribution in [0, 0.1) is 25.2 Å². The fourth-order valence-electron chi connectivity index (χ4n) is 2.54. The molecule has 0 aliphatic heterocycles. The third-order valence-electron chi connectivity index (χ3n) is 3.52. The molecule has 21 heavy (non-hydrogen) atoms. The quantitative estimate of drug-likeness (QED) is 0.706. The lowest BCUT2D eigenvalue weighted by Gasteiger charge is -2.10. The summed E-state index contributed by atoms with van der Waals surface area (Å²) >= 11 is 3.14. The van der Waals surface area contributed by atoms with Crippen molar-refractivity contribution in [3.63, 3.8) is 0 Å². The Bertz CT molecular complexity index is 816. The van der Waals surface area contributed by atoms with Crippen LogP contribution < -0.4 is 5.73 Å². The predicted octanol–water partition coefficient (Wildman–Crippen LogP) is 5.21. The van der Waals surface area contributed by atoms with Gasteiger partial charge in [-0.3, -0.25) is 0 Å². The Morgan fingerprint density at radius 3 is 2.33 bits per heavy atom. The zero-order valence-corrected chi connectivity index (χ0v) is 13.4. The van der Waals surface area contributed by atoms with Gasteiger partial charge in [0.15, 0.2) is 0 Å². The highest BCUT2D eigenvalue weighted by Gasteiger charge is 2.21. The number of hydrogen-bond acceptors (Lipinski definition) is 4. The molecular formula is C17H14N2S2. The molecule has 2 heterocycles. The van der Waals surface area contributed by atoms with Crippen LogP contribution in [-0.4, -0.2) is 0 Å². The third-order valence-corrected chi connectivity index (χ3v) is 5.54. The van der Waals surface area contributed by atoms with Gasteiger partial charge in [-0.15, -0.1) is 22.7 Å². The fraction of sp³-hybridized carbons (Fsp3) is 0.118. The molecule has 3 aromatic rings. The molecule has 1 aromatic carbocycles.